The molecule has 0 rings (SSSR count). The first-order valence-corrected chi connectivity index (χ1v) is 7.42. The first kappa shape index (κ1) is 10.1. The van der Waals surface area contributed by atoms with Gasteiger partial charge in [0.15, 0.2) is 0 Å². The van der Waals surface area contributed by atoms with Crippen molar-refractivity contribution in [2.45, 2.75) is 19.6 Å². The zero-order valence-corrected chi connectivity index (χ0v) is 10.1. The predicted octanol–water partition coefficient (Wildman–Crippen LogP) is -0.136. The van der Waals surface area contributed by atoms with Gasteiger partial charge in [0.25, 0.3) is 0 Å². The minimum absolute atomic E-state index is 0.120. The average Bonchev–Trinajstić information content (AvgIpc) is 1.41. The molecule has 1 nitrogen and oxygen atoms in total. The van der Waals surface area contributed by atoms with Crippen LogP contribution < -0.4 is 3.68 Å². The molecule has 0 aromatic rings. The van der Waals surface area contributed by atoms with Gasteiger partial charge in [0, 0.05) is 8.80 Å². The molecule has 0 aromatic heterocycles. The molecule has 39 valence electrons. The van der Waals surface area contributed by atoms with E-state index < -0.39 is 0 Å². The Hall–Kier alpha value is 1.06. The molecule has 0 aliphatic heterocycles. The molecule has 0 heterocycles. The van der Waals surface area contributed by atoms with Crippen molar-refractivity contribution in [3.8, 4) is 0 Å². The number of rotatable bonds is 0. The van der Waals surface area contributed by atoms with Crippen LogP contribution in [0.5, 0.6) is 0 Å². The van der Waals surface area contributed by atoms with Gasteiger partial charge in [0.1, 0.15) is 0 Å². The van der Waals surface area contributed by atoms with Gasteiger partial charge in [-0.05, 0) is 0 Å². The van der Waals surface area contributed by atoms with E-state index in [0.717, 1.165) is 0 Å². The molecule has 2 N–H and O–H groups in total. The number of nitrogens with two attached hydrogens (primary N) is 1. The Morgan fingerprint density at radius 2 is 1.17 bits per heavy atom. The van der Waals surface area contributed by atoms with E-state index >= 15 is 0 Å². The average molecular weight is 300 g/mol. The molecule has 0 amide bonds. The van der Waals surface area contributed by atoms with Crippen molar-refractivity contribution in [2.75, 3.05) is 0 Å². The fourth-order valence-corrected chi connectivity index (χ4v) is 0. The third kappa shape index (κ3) is 74.2. The number of hydrogen-bond acceptors (Lipinski definition) is 1. The Bertz CT molecular complexity index is 15.5. The zero-order chi connectivity index (χ0) is 5.58. The van der Waals surface area contributed by atoms with Crippen LogP contribution in [0.15, 0.2) is 0 Å². The van der Waals surface area contributed by atoms with Crippen LogP contribution in [0.25, 0.3) is 0 Å². The van der Waals surface area contributed by atoms with Crippen molar-refractivity contribution < 1.29 is 0 Å². The monoisotopic (exact) mass is 300 g/mol. The second-order valence-corrected chi connectivity index (χ2v) is 4.50. The first-order chi connectivity index (χ1) is 2.73. The minimum atomic E-state index is 0.120. The zero-order valence-electron chi connectivity index (χ0n) is 4.65. The number of hydrogen-bond donors (Lipinski definition) is 1. The molecule has 0 aromatic carbocycles. The summed E-state index contributed by atoms with van der Waals surface area (Å²) in [5.74, 6) is 0. The van der Waals surface area contributed by atoms with Gasteiger partial charge in [-0.2, -0.15) is 0 Å². The Balaban J connectivity index is 0. The summed E-state index contributed by atoms with van der Waals surface area (Å²) in [5.41, 5.74) is 0. The van der Waals surface area contributed by atoms with Gasteiger partial charge in [-0.3, -0.25) is 0 Å². The molecule has 0 aliphatic rings. The van der Waals surface area contributed by atoms with E-state index in [0.29, 0.717) is 25.0 Å². The quantitative estimate of drug-likeness (QED) is 0.620. The fraction of sp³-hybridized carbons (Fsp3) is 1.00. The Morgan fingerprint density at radius 3 is 1.17 bits per heavy atom. The molecule has 3 heteroatoms. The molecule has 0 atom stereocenters. The topological polar surface area (TPSA) is 26.0 Å². The van der Waals surface area contributed by atoms with Gasteiger partial charge in [-0.1, -0.05) is 19.6 Å². The van der Waals surface area contributed by atoms with Gasteiger partial charge in [0.05, 0.1) is 0 Å². The van der Waals surface area contributed by atoms with Crippen LogP contribution in [0.1, 0.15) is 0 Å². The normalized spacial score (nSPS) is 7.00. The Morgan fingerprint density at radius 1 is 1.17 bits per heavy atom. The molecule has 0 saturated carbocycles. The fourth-order valence-electron chi connectivity index (χ4n) is 0. The maximum absolute atomic E-state index is 4.67. The van der Waals surface area contributed by atoms with Crippen molar-refractivity contribution in [2.24, 2.45) is 3.68 Å². The van der Waals surface area contributed by atoms with E-state index in [4.69, 9.17) is 0 Å². The summed E-state index contributed by atoms with van der Waals surface area (Å²) < 4.78 is 4.67. The first-order valence-electron chi connectivity index (χ1n) is 1.83. The van der Waals surface area contributed by atoms with E-state index in [1.807, 2.05) is 0 Å². The molecule has 0 bridgehead atoms. The van der Waals surface area contributed by atoms with Crippen LogP contribution in [0.4, 0.5) is 0 Å². The van der Waals surface area contributed by atoms with Crippen molar-refractivity contribution in [3.05, 3.63) is 0 Å². The van der Waals surface area contributed by atoms with Gasteiger partial charge >= 0.3 is 28.7 Å². The van der Waals surface area contributed by atoms with Gasteiger partial charge in [-0.15, -0.1) is 0 Å². The van der Waals surface area contributed by atoms with Gasteiger partial charge in [-0.25, -0.2) is 0 Å². The van der Waals surface area contributed by atoms with Gasteiger partial charge in [0.2, 0.25) is 0 Å². The standard InChI is InChI=1S/C3H9Si.Bi.H2N.2H/c1-4(2)3;;;;/h1-3H3;;1H2;;/q;+1;-1;;. The molecule has 0 aliphatic carbocycles. The summed E-state index contributed by atoms with van der Waals surface area (Å²) in [5, 5.41) is 0. The van der Waals surface area contributed by atoms with Crippen LogP contribution in [-0.4, -0.2) is 33.8 Å². The third-order valence-corrected chi connectivity index (χ3v) is 0. The van der Waals surface area contributed by atoms with Crippen LogP contribution in [0, 0.1) is 0 Å². The molecular formula is C3H13BiNSi. The predicted molar refractivity (Wildman–Crippen MR) is 36.1 cm³/mol. The van der Waals surface area contributed by atoms with Crippen molar-refractivity contribution in [1.29, 1.82) is 0 Å². The van der Waals surface area contributed by atoms with Crippen LogP contribution in [0.2, 0.25) is 19.6 Å². The molecular weight excluding hydrogens is 287 g/mol. The van der Waals surface area contributed by atoms with Crippen molar-refractivity contribution in [1.82, 2.24) is 0 Å². The molecule has 0 saturated heterocycles. The van der Waals surface area contributed by atoms with Crippen molar-refractivity contribution in [3.63, 3.8) is 0 Å². The summed E-state index contributed by atoms with van der Waals surface area (Å²) in [4.78, 5) is 0. The van der Waals surface area contributed by atoms with Gasteiger partial charge < -0.3 is 0 Å². The second-order valence-electron chi connectivity index (χ2n) is 1.50. The molecule has 0 fully saturated rings. The van der Waals surface area contributed by atoms with Crippen LogP contribution in [0.3, 0.4) is 0 Å². The van der Waals surface area contributed by atoms with Crippen molar-refractivity contribution >= 4 is 33.8 Å². The molecule has 0 spiro atoms. The van der Waals surface area contributed by atoms with Crippen LogP contribution >= 0.6 is 0 Å². The van der Waals surface area contributed by atoms with E-state index in [-0.39, 0.29) is 8.80 Å². The third-order valence-electron chi connectivity index (χ3n) is 0. The molecule has 6 heavy (non-hydrogen) atoms. The summed E-state index contributed by atoms with van der Waals surface area (Å²) >= 11 is 0.667. The van der Waals surface area contributed by atoms with E-state index in [1.54, 1.807) is 0 Å². The summed E-state index contributed by atoms with van der Waals surface area (Å²) in [6.07, 6.45) is 0. The summed E-state index contributed by atoms with van der Waals surface area (Å²) in [6, 6.07) is 0. The van der Waals surface area contributed by atoms with E-state index in [1.165, 1.54) is 0 Å². The summed E-state index contributed by atoms with van der Waals surface area (Å²) in [6.45, 7) is 6.81. The second kappa shape index (κ2) is 9.41. The molecule has 0 unspecified atom stereocenters. The maximum atomic E-state index is 4.67. The van der Waals surface area contributed by atoms with E-state index in [2.05, 4.69) is 23.3 Å². The van der Waals surface area contributed by atoms with E-state index in [9.17, 15) is 0 Å². The SMILES string of the molecule is C[Si](C)C.[NH2][BiH2]. The summed E-state index contributed by atoms with van der Waals surface area (Å²) in [7, 11) is 0.120. The Kier molecular flexibility index (Phi) is 15.9. The molecule has 1 radical (unpaired) electrons. The Labute approximate surface area is 57.2 Å². The van der Waals surface area contributed by atoms with Crippen LogP contribution in [-0.2, 0) is 0 Å².